The van der Waals surface area contributed by atoms with E-state index in [1.165, 1.54) is 31.4 Å². The summed E-state index contributed by atoms with van der Waals surface area (Å²) in [6, 6.07) is 2.50. The molecule has 1 heterocycles. The maximum atomic E-state index is 5.61. The standard InChI is InChI=1S/C13H26N4/c1-4-5-6-7-8-12(15-14)10-13-9-11(2)16-17(13)3/h9,12,15H,4-8,10,14H2,1-3H3. The molecule has 0 aliphatic carbocycles. The molecule has 1 rings (SSSR count). The van der Waals surface area contributed by atoms with Crippen molar-refractivity contribution in [3.8, 4) is 0 Å². The molecular weight excluding hydrogens is 212 g/mol. The maximum Gasteiger partial charge on any atom is 0.0596 e. The molecule has 3 N–H and O–H groups in total. The summed E-state index contributed by atoms with van der Waals surface area (Å²) in [4.78, 5) is 0. The fraction of sp³-hybridized carbons (Fsp3) is 0.769. The zero-order valence-electron chi connectivity index (χ0n) is 11.4. The molecule has 4 heteroatoms. The van der Waals surface area contributed by atoms with Crippen LogP contribution in [0.1, 0.15) is 50.4 Å². The van der Waals surface area contributed by atoms with E-state index in [0.717, 1.165) is 18.5 Å². The van der Waals surface area contributed by atoms with Crippen molar-refractivity contribution in [3.63, 3.8) is 0 Å². The molecule has 0 aromatic carbocycles. The molecule has 0 aliphatic rings. The SMILES string of the molecule is CCCCCCC(Cc1cc(C)nn1C)NN. The summed E-state index contributed by atoms with van der Waals surface area (Å²) in [5.74, 6) is 5.61. The van der Waals surface area contributed by atoms with Gasteiger partial charge in [-0.3, -0.25) is 16.0 Å². The van der Waals surface area contributed by atoms with E-state index < -0.39 is 0 Å². The Kier molecular flexibility index (Phi) is 6.22. The van der Waals surface area contributed by atoms with E-state index >= 15 is 0 Å². The van der Waals surface area contributed by atoms with E-state index in [9.17, 15) is 0 Å². The topological polar surface area (TPSA) is 55.9 Å². The third-order valence-electron chi connectivity index (χ3n) is 3.20. The number of nitrogens with one attached hydrogen (secondary N) is 1. The number of nitrogens with zero attached hydrogens (tertiary/aromatic N) is 2. The summed E-state index contributed by atoms with van der Waals surface area (Å²) in [5.41, 5.74) is 5.25. The molecule has 0 aliphatic heterocycles. The molecule has 4 nitrogen and oxygen atoms in total. The van der Waals surface area contributed by atoms with Crippen molar-refractivity contribution < 1.29 is 0 Å². The number of hydrogen-bond acceptors (Lipinski definition) is 3. The van der Waals surface area contributed by atoms with Crippen molar-refractivity contribution in [1.29, 1.82) is 0 Å². The number of rotatable bonds is 8. The van der Waals surface area contributed by atoms with Gasteiger partial charge in [0.1, 0.15) is 0 Å². The summed E-state index contributed by atoms with van der Waals surface area (Å²) in [7, 11) is 1.99. The summed E-state index contributed by atoms with van der Waals surface area (Å²) in [6.45, 7) is 4.26. The molecule has 0 bridgehead atoms. The van der Waals surface area contributed by atoms with Gasteiger partial charge in [-0.05, 0) is 19.4 Å². The van der Waals surface area contributed by atoms with E-state index in [0.29, 0.717) is 6.04 Å². The molecule has 0 amide bonds. The van der Waals surface area contributed by atoms with Crippen LogP contribution >= 0.6 is 0 Å². The minimum Gasteiger partial charge on any atom is -0.272 e. The van der Waals surface area contributed by atoms with E-state index in [2.05, 4.69) is 23.5 Å². The summed E-state index contributed by atoms with van der Waals surface area (Å²) >= 11 is 0. The minimum absolute atomic E-state index is 0.363. The Bertz CT molecular complexity index is 319. The molecule has 98 valence electrons. The highest BCUT2D eigenvalue weighted by atomic mass is 15.3. The third kappa shape index (κ3) is 4.88. The van der Waals surface area contributed by atoms with Crippen LogP contribution in [-0.4, -0.2) is 15.8 Å². The van der Waals surface area contributed by atoms with E-state index in [1.807, 2.05) is 18.7 Å². The van der Waals surface area contributed by atoms with Crippen molar-refractivity contribution in [3.05, 3.63) is 17.5 Å². The molecule has 0 radical (unpaired) electrons. The average molecular weight is 238 g/mol. The Balaban J connectivity index is 2.38. The molecule has 0 fully saturated rings. The van der Waals surface area contributed by atoms with Gasteiger partial charge in [0, 0.05) is 25.2 Å². The van der Waals surface area contributed by atoms with Crippen molar-refractivity contribution in [2.75, 3.05) is 0 Å². The number of aromatic nitrogens is 2. The largest absolute Gasteiger partial charge is 0.272 e. The number of hydrazine groups is 1. The predicted molar refractivity (Wildman–Crippen MR) is 71.5 cm³/mol. The first-order valence-corrected chi connectivity index (χ1v) is 6.63. The highest BCUT2D eigenvalue weighted by molar-refractivity contribution is 5.09. The second-order valence-electron chi connectivity index (χ2n) is 4.82. The van der Waals surface area contributed by atoms with Gasteiger partial charge in [0.15, 0.2) is 0 Å². The van der Waals surface area contributed by atoms with Crippen LogP contribution in [-0.2, 0) is 13.5 Å². The van der Waals surface area contributed by atoms with Gasteiger partial charge in [-0.1, -0.05) is 32.6 Å². The highest BCUT2D eigenvalue weighted by Gasteiger charge is 2.10. The molecule has 0 saturated carbocycles. The van der Waals surface area contributed by atoms with E-state index in [-0.39, 0.29) is 0 Å². The number of nitrogens with two attached hydrogens (primary N) is 1. The fourth-order valence-corrected chi connectivity index (χ4v) is 2.17. The quantitative estimate of drug-likeness (QED) is 0.414. The lowest BCUT2D eigenvalue weighted by Gasteiger charge is -2.15. The Morgan fingerprint density at radius 2 is 2.18 bits per heavy atom. The molecule has 17 heavy (non-hydrogen) atoms. The Morgan fingerprint density at radius 3 is 2.71 bits per heavy atom. The summed E-state index contributed by atoms with van der Waals surface area (Å²) < 4.78 is 1.95. The van der Waals surface area contributed by atoms with E-state index in [4.69, 9.17) is 5.84 Å². The van der Waals surface area contributed by atoms with Crippen molar-refractivity contribution in [1.82, 2.24) is 15.2 Å². The maximum absolute atomic E-state index is 5.61. The van der Waals surface area contributed by atoms with Crippen LogP contribution in [0.25, 0.3) is 0 Å². The Labute approximate surface area is 105 Å². The van der Waals surface area contributed by atoms with Gasteiger partial charge in [-0.15, -0.1) is 0 Å². The van der Waals surface area contributed by atoms with Crippen LogP contribution in [0.3, 0.4) is 0 Å². The monoisotopic (exact) mass is 238 g/mol. The van der Waals surface area contributed by atoms with Gasteiger partial charge in [-0.2, -0.15) is 5.10 Å². The van der Waals surface area contributed by atoms with Gasteiger partial charge < -0.3 is 0 Å². The zero-order chi connectivity index (χ0) is 12.7. The molecule has 0 saturated heterocycles. The second kappa shape index (κ2) is 7.45. The molecule has 1 atom stereocenters. The predicted octanol–water partition coefficient (Wildman–Crippen LogP) is 2.07. The molecular formula is C13H26N4. The van der Waals surface area contributed by atoms with Crippen LogP contribution < -0.4 is 11.3 Å². The first-order chi connectivity index (χ1) is 8.17. The average Bonchev–Trinajstić information content (AvgIpc) is 2.61. The summed E-state index contributed by atoms with van der Waals surface area (Å²) in [6.07, 6.45) is 7.25. The van der Waals surface area contributed by atoms with Gasteiger partial charge in [0.25, 0.3) is 0 Å². The van der Waals surface area contributed by atoms with Crippen LogP contribution in [0.5, 0.6) is 0 Å². The van der Waals surface area contributed by atoms with Crippen LogP contribution in [0.4, 0.5) is 0 Å². The second-order valence-corrected chi connectivity index (χ2v) is 4.82. The lowest BCUT2D eigenvalue weighted by atomic mass is 10.0. The van der Waals surface area contributed by atoms with Gasteiger partial charge in [-0.25, -0.2) is 0 Å². The smallest absolute Gasteiger partial charge is 0.0596 e. The van der Waals surface area contributed by atoms with Gasteiger partial charge in [0.05, 0.1) is 5.69 Å². The number of aryl methyl sites for hydroxylation is 2. The first-order valence-electron chi connectivity index (χ1n) is 6.63. The first kappa shape index (κ1) is 14.2. The third-order valence-corrected chi connectivity index (χ3v) is 3.20. The normalized spacial score (nSPS) is 12.9. The van der Waals surface area contributed by atoms with E-state index in [1.54, 1.807) is 0 Å². The number of unbranched alkanes of at least 4 members (excludes halogenated alkanes) is 3. The fourth-order valence-electron chi connectivity index (χ4n) is 2.17. The van der Waals surface area contributed by atoms with Crippen LogP contribution in [0, 0.1) is 6.92 Å². The van der Waals surface area contributed by atoms with Crippen molar-refractivity contribution in [2.45, 2.75) is 58.4 Å². The molecule has 1 unspecified atom stereocenters. The summed E-state index contributed by atoms with van der Waals surface area (Å²) in [5, 5.41) is 4.36. The molecule has 0 spiro atoms. The van der Waals surface area contributed by atoms with Crippen molar-refractivity contribution in [2.24, 2.45) is 12.9 Å². The molecule has 1 aromatic rings. The lowest BCUT2D eigenvalue weighted by molar-refractivity contribution is 0.453. The minimum atomic E-state index is 0.363. The highest BCUT2D eigenvalue weighted by Crippen LogP contribution is 2.11. The van der Waals surface area contributed by atoms with Crippen LogP contribution in [0.15, 0.2) is 6.07 Å². The number of hydrogen-bond donors (Lipinski definition) is 2. The van der Waals surface area contributed by atoms with Gasteiger partial charge in [0.2, 0.25) is 0 Å². The molecule has 1 aromatic heterocycles. The Morgan fingerprint density at radius 1 is 1.41 bits per heavy atom. The zero-order valence-corrected chi connectivity index (χ0v) is 11.4. The lowest BCUT2D eigenvalue weighted by Crippen LogP contribution is -2.37. The van der Waals surface area contributed by atoms with Crippen LogP contribution in [0.2, 0.25) is 0 Å². The van der Waals surface area contributed by atoms with Gasteiger partial charge >= 0.3 is 0 Å². The van der Waals surface area contributed by atoms with Crippen molar-refractivity contribution >= 4 is 0 Å². The Hall–Kier alpha value is -0.870.